The number of nitro groups is 1. The van der Waals surface area contributed by atoms with Crippen LogP contribution in [0.5, 0.6) is 0 Å². The van der Waals surface area contributed by atoms with Crippen molar-refractivity contribution in [3.8, 4) is 12.3 Å². The summed E-state index contributed by atoms with van der Waals surface area (Å²) in [6.45, 7) is 1.55. The highest BCUT2D eigenvalue weighted by Crippen LogP contribution is 2.31. The molecule has 0 radical (unpaired) electrons. The number of rotatable bonds is 5. The zero-order chi connectivity index (χ0) is 24.5. The van der Waals surface area contributed by atoms with E-state index < -0.39 is 20.9 Å². The molecular weight excluding hydrogens is 478 g/mol. The average Bonchev–Trinajstić information content (AvgIpc) is 3.15. The molecule has 0 bridgehead atoms. The van der Waals surface area contributed by atoms with Gasteiger partial charge in [0.1, 0.15) is 5.69 Å². The molecule has 2 aromatic carbocycles. The van der Waals surface area contributed by atoms with E-state index in [9.17, 15) is 23.3 Å². The maximum absolute atomic E-state index is 13.0. The standard InChI is InChI=1S/C22H21N5O5S2/c1-2-10-26-18-9-7-16(34(23,31)32)14-20(18)33-22(26)24-21(28)15-6-8-17(19(13-15)27(29)30)25-11-4-3-5-12-25/h1,6-9,13-14H,3-5,10-12H2,(H2,23,31,32). The Morgan fingerprint density at radius 3 is 2.59 bits per heavy atom. The van der Waals surface area contributed by atoms with Gasteiger partial charge in [-0.15, -0.1) is 6.42 Å². The van der Waals surface area contributed by atoms with Crippen LogP contribution in [0.4, 0.5) is 11.4 Å². The number of hydrogen-bond acceptors (Lipinski definition) is 7. The van der Waals surface area contributed by atoms with Crippen LogP contribution in [0.2, 0.25) is 0 Å². The molecule has 0 unspecified atom stereocenters. The van der Waals surface area contributed by atoms with Gasteiger partial charge in [-0.25, -0.2) is 13.6 Å². The van der Waals surface area contributed by atoms with Gasteiger partial charge < -0.3 is 9.47 Å². The zero-order valence-corrected chi connectivity index (χ0v) is 19.6. The highest BCUT2D eigenvalue weighted by molar-refractivity contribution is 7.89. The fraction of sp³-hybridized carbons (Fsp3) is 0.273. The van der Waals surface area contributed by atoms with Crippen molar-refractivity contribution < 1.29 is 18.1 Å². The third kappa shape index (κ3) is 4.72. The van der Waals surface area contributed by atoms with Crippen molar-refractivity contribution in [3.05, 3.63) is 56.9 Å². The Morgan fingerprint density at radius 2 is 1.94 bits per heavy atom. The van der Waals surface area contributed by atoms with Crippen LogP contribution < -0.4 is 14.8 Å². The molecule has 176 valence electrons. The molecule has 1 aliphatic heterocycles. The van der Waals surface area contributed by atoms with Gasteiger partial charge in [0.15, 0.2) is 4.80 Å². The number of nitro benzene ring substituents is 1. The lowest BCUT2D eigenvalue weighted by Crippen LogP contribution is -2.30. The van der Waals surface area contributed by atoms with E-state index in [2.05, 4.69) is 10.9 Å². The average molecular weight is 500 g/mol. The van der Waals surface area contributed by atoms with Crippen LogP contribution in [0.3, 0.4) is 0 Å². The summed E-state index contributed by atoms with van der Waals surface area (Å²) in [6.07, 6.45) is 8.48. The Balaban J connectivity index is 1.78. The summed E-state index contributed by atoms with van der Waals surface area (Å²) in [5.41, 5.74) is 1.00. The van der Waals surface area contributed by atoms with Gasteiger partial charge in [0.25, 0.3) is 11.6 Å². The topological polar surface area (TPSA) is 141 Å². The Labute approximate surface area is 199 Å². The molecule has 0 spiro atoms. The molecule has 34 heavy (non-hydrogen) atoms. The number of primary sulfonamides is 1. The molecule has 2 heterocycles. The Hall–Kier alpha value is -3.53. The van der Waals surface area contributed by atoms with E-state index in [0.717, 1.165) is 43.7 Å². The van der Waals surface area contributed by atoms with Gasteiger partial charge in [0, 0.05) is 24.7 Å². The number of benzene rings is 2. The lowest BCUT2D eigenvalue weighted by atomic mass is 10.1. The van der Waals surface area contributed by atoms with Gasteiger partial charge in [-0.2, -0.15) is 4.99 Å². The van der Waals surface area contributed by atoms with Gasteiger partial charge >= 0.3 is 0 Å². The van der Waals surface area contributed by atoms with Crippen LogP contribution >= 0.6 is 11.3 Å². The first-order chi connectivity index (χ1) is 16.2. The summed E-state index contributed by atoms with van der Waals surface area (Å²) in [7, 11) is -3.91. The number of thiazole rings is 1. The predicted molar refractivity (Wildman–Crippen MR) is 129 cm³/mol. The van der Waals surface area contributed by atoms with Crippen molar-refractivity contribution in [2.75, 3.05) is 18.0 Å². The number of amides is 1. The molecule has 1 amide bonds. The predicted octanol–water partition coefficient (Wildman–Crippen LogP) is 2.62. The van der Waals surface area contributed by atoms with Crippen LogP contribution in [-0.2, 0) is 16.6 Å². The lowest BCUT2D eigenvalue weighted by molar-refractivity contribution is -0.384. The molecule has 2 N–H and O–H groups in total. The Bertz CT molecular complexity index is 1510. The summed E-state index contributed by atoms with van der Waals surface area (Å²) in [5.74, 6) is 1.82. The van der Waals surface area contributed by atoms with Crippen molar-refractivity contribution in [1.82, 2.24) is 4.57 Å². The SMILES string of the molecule is C#CCn1c(=NC(=O)c2ccc(N3CCCCC3)c([N+](=O)[O-])c2)sc2cc(S(N)(=O)=O)ccc21. The van der Waals surface area contributed by atoms with E-state index in [4.69, 9.17) is 11.6 Å². The van der Waals surface area contributed by atoms with Crippen molar-refractivity contribution in [1.29, 1.82) is 0 Å². The minimum Gasteiger partial charge on any atom is -0.366 e. The minimum atomic E-state index is -3.91. The number of fused-ring (bicyclic) bond motifs is 1. The fourth-order valence-corrected chi connectivity index (χ4v) is 5.60. The quantitative estimate of drug-likeness (QED) is 0.325. The van der Waals surface area contributed by atoms with Crippen molar-refractivity contribution in [3.63, 3.8) is 0 Å². The van der Waals surface area contributed by atoms with E-state index in [0.29, 0.717) is 15.9 Å². The van der Waals surface area contributed by atoms with Gasteiger partial charge in [-0.05, 0) is 49.6 Å². The monoisotopic (exact) mass is 499 g/mol. The molecule has 0 saturated carbocycles. The van der Waals surface area contributed by atoms with E-state index >= 15 is 0 Å². The molecular formula is C22H21N5O5S2. The van der Waals surface area contributed by atoms with Crippen LogP contribution in [0.15, 0.2) is 46.3 Å². The van der Waals surface area contributed by atoms with Crippen LogP contribution in [-0.4, -0.2) is 36.9 Å². The summed E-state index contributed by atoms with van der Waals surface area (Å²) >= 11 is 1.07. The highest BCUT2D eigenvalue weighted by atomic mass is 32.2. The summed E-state index contributed by atoms with van der Waals surface area (Å²) in [4.78, 5) is 30.5. The first kappa shape index (κ1) is 23.6. The van der Waals surface area contributed by atoms with Gasteiger partial charge in [0.05, 0.1) is 26.6 Å². The third-order valence-corrected chi connectivity index (χ3v) is 7.50. The second kappa shape index (κ2) is 9.38. The number of nitrogens with zero attached hydrogens (tertiary/aromatic N) is 4. The molecule has 10 nitrogen and oxygen atoms in total. The number of sulfonamides is 1. The maximum atomic E-state index is 13.0. The number of hydrogen-bond donors (Lipinski definition) is 1. The summed E-state index contributed by atoms with van der Waals surface area (Å²) < 4.78 is 25.5. The third-order valence-electron chi connectivity index (χ3n) is 5.55. The molecule has 3 aromatic rings. The van der Waals surface area contributed by atoms with Crippen molar-refractivity contribution in [2.24, 2.45) is 10.1 Å². The first-order valence-corrected chi connectivity index (χ1v) is 12.8. The second-order valence-corrected chi connectivity index (χ2v) is 10.3. The molecule has 1 aromatic heterocycles. The van der Waals surface area contributed by atoms with Crippen molar-refractivity contribution >= 4 is 48.9 Å². The van der Waals surface area contributed by atoms with Gasteiger partial charge in [-0.1, -0.05) is 17.3 Å². The largest absolute Gasteiger partial charge is 0.366 e. The number of terminal acetylenes is 1. The Morgan fingerprint density at radius 1 is 1.21 bits per heavy atom. The lowest BCUT2D eigenvalue weighted by Gasteiger charge is -2.28. The van der Waals surface area contributed by atoms with E-state index in [1.807, 2.05) is 4.90 Å². The molecule has 0 aliphatic carbocycles. The minimum absolute atomic E-state index is 0.0717. The normalized spacial score (nSPS) is 14.8. The zero-order valence-electron chi connectivity index (χ0n) is 18.0. The molecule has 1 saturated heterocycles. The highest BCUT2D eigenvalue weighted by Gasteiger charge is 2.23. The number of carbonyl (C=O) groups is 1. The number of piperidine rings is 1. The van der Waals surface area contributed by atoms with Gasteiger partial charge in [-0.3, -0.25) is 14.9 Å². The van der Waals surface area contributed by atoms with E-state index in [1.54, 1.807) is 16.7 Å². The summed E-state index contributed by atoms with van der Waals surface area (Å²) in [6, 6.07) is 8.65. The number of carbonyl (C=O) groups excluding carboxylic acids is 1. The number of aromatic nitrogens is 1. The van der Waals surface area contributed by atoms with Crippen molar-refractivity contribution in [2.45, 2.75) is 30.7 Å². The summed E-state index contributed by atoms with van der Waals surface area (Å²) in [5, 5.41) is 16.9. The Kier molecular flexibility index (Phi) is 6.52. The van der Waals surface area contributed by atoms with E-state index in [-0.39, 0.29) is 27.5 Å². The first-order valence-electron chi connectivity index (χ1n) is 10.4. The fourth-order valence-electron chi connectivity index (χ4n) is 3.92. The number of anilines is 1. The molecule has 1 fully saturated rings. The van der Waals surface area contributed by atoms with Crippen LogP contribution in [0.25, 0.3) is 10.2 Å². The smallest absolute Gasteiger partial charge is 0.293 e. The molecule has 0 atom stereocenters. The maximum Gasteiger partial charge on any atom is 0.293 e. The molecule has 4 rings (SSSR count). The van der Waals surface area contributed by atoms with Crippen LogP contribution in [0, 0.1) is 22.5 Å². The van der Waals surface area contributed by atoms with Crippen LogP contribution in [0.1, 0.15) is 29.6 Å². The van der Waals surface area contributed by atoms with Gasteiger partial charge in [0.2, 0.25) is 10.0 Å². The number of nitrogens with two attached hydrogens (primary N) is 1. The second-order valence-electron chi connectivity index (χ2n) is 7.77. The van der Waals surface area contributed by atoms with E-state index in [1.165, 1.54) is 24.3 Å². The molecule has 12 heteroatoms. The molecule has 1 aliphatic rings.